The number of rotatable bonds is 3. The summed E-state index contributed by atoms with van der Waals surface area (Å²) in [6.07, 6.45) is 2.11. The van der Waals surface area contributed by atoms with Crippen LogP contribution in [0.25, 0.3) is 0 Å². The van der Waals surface area contributed by atoms with Crippen LogP contribution < -0.4 is 4.90 Å². The van der Waals surface area contributed by atoms with Gasteiger partial charge in [-0.1, -0.05) is 17.7 Å². The molecule has 1 saturated heterocycles. The Morgan fingerprint density at radius 1 is 1.47 bits per heavy atom. The van der Waals surface area contributed by atoms with E-state index in [0.717, 1.165) is 12.8 Å². The molecule has 1 aromatic carbocycles. The van der Waals surface area contributed by atoms with Crippen molar-refractivity contribution in [1.29, 1.82) is 0 Å². The number of anilines is 1. The molecule has 6 nitrogen and oxygen atoms in total. The minimum atomic E-state index is -0.964. The van der Waals surface area contributed by atoms with E-state index in [-0.39, 0.29) is 16.4 Å². The van der Waals surface area contributed by atoms with Gasteiger partial charge < -0.3 is 10.0 Å². The van der Waals surface area contributed by atoms with Crippen LogP contribution in [-0.2, 0) is 4.79 Å². The molecule has 0 spiro atoms. The molecule has 19 heavy (non-hydrogen) atoms. The van der Waals surface area contributed by atoms with Crippen LogP contribution in [0.15, 0.2) is 18.2 Å². The summed E-state index contributed by atoms with van der Waals surface area (Å²) in [4.78, 5) is 23.4. The van der Waals surface area contributed by atoms with E-state index < -0.39 is 16.9 Å². The molecule has 7 heteroatoms. The lowest BCUT2D eigenvalue weighted by molar-refractivity contribution is -0.384. The maximum Gasteiger partial charge on any atom is 0.326 e. The van der Waals surface area contributed by atoms with Crippen LogP contribution in [-0.4, -0.2) is 28.6 Å². The fraction of sp³-hybridized carbons (Fsp3) is 0.417. The number of nitro groups is 1. The van der Waals surface area contributed by atoms with Gasteiger partial charge in [0, 0.05) is 6.54 Å². The molecule has 1 N–H and O–H groups in total. The Balaban J connectivity index is 2.47. The van der Waals surface area contributed by atoms with Crippen molar-refractivity contribution in [1.82, 2.24) is 0 Å². The van der Waals surface area contributed by atoms with Crippen LogP contribution in [0.5, 0.6) is 0 Å². The number of aliphatic carboxylic acids is 1. The molecule has 0 aromatic heterocycles. The van der Waals surface area contributed by atoms with Gasteiger partial charge >= 0.3 is 11.7 Å². The average Bonchev–Trinajstić information content (AvgIpc) is 2.37. The Hall–Kier alpha value is -1.82. The number of nitrogens with zero attached hydrogens (tertiary/aromatic N) is 2. The van der Waals surface area contributed by atoms with E-state index in [0.29, 0.717) is 13.0 Å². The monoisotopic (exact) mass is 284 g/mol. The summed E-state index contributed by atoms with van der Waals surface area (Å²) in [5.41, 5.74) is 0.0573. The molecule has 102 valence electrons. The summed E-state index contributed by atoms with van der Waals surface area (Å²) < 4.78 is 0. The Kier molecular flexibility index (Phi) is 3.90. The molecule has 1 aliphatic rings. The topological polar surface area (TPSA) is 83.7 Å². The fourth-order valence-electron chi connectivity index (χ4n) is 2.39. The predicted molar refractivity (Wildman–Crippen MR) is 70.7 cm³/mol. The van der Waals surface area contributed by atoms with Gasteiger partial charge in [-0.3, -0.25) is 10.1 Å². The summed E-state index contributed by atoms with van der Waals surface area (Å²) in [5, 5.41) is 20.4. The number of carboxylic acids is 1. The van der Waals surface area contributed by atoms with Crippen LogP contribution in [0.2, 0.25) is 5.02 Å². The zero-order valence-electron chi connectivity index (χ0n) is 10.1. The van der Waals surface area contributed by atoms with Gasteiger partial charge in [0.2, 0.25) is 0 Å². The van der Waals surface area contributed by atoms with Crippen LogP contribution in [0.4, 0.5) is 11.4 Å². The van der Waals surface area contributed by atoms with E-state index in [1.54, 1.807) is 17.0 Å². The highest BCUT2D eigenvalue weighted by Gasteiger charge is 2.33. The van der Waals surface area contributed by atoms with Crippen LogP contribution in [0.3, 0.4) is 0 Å². The number of hydrogen-bond donors (Lipinski definition) is 1. The summed E-state index contributed by atoms with van der Waals surface area (Å²) in [6, 6.07) is 3.85. The second-order valence-electron chi connectivity index (χ2n) is 4.41. The Morgan fingerprint density at radius 3 is 2.84 bits per heavy atom. The molecule has 1 atom stereocenters. The largest absolute Gasteiger partial charge is 0.480 e. The Bertz CT molecular complexity index is 520. The summed E-state index contributed by atoms with van der Waals surface area (Å²) in [7, 11) is 0. The van der Waals surface area contributed by atoms with Crippen molar-refractivity contribution < 1.29 is 14.8 Å². The van der Waals surface area contributed by atoms with Crippen LogP contribution >= 0.6 is 11.6 Å². The maximum atomic E-state index is 11.3. The number of carbonyl (C=O) groups is 1. The molecular formula is C12H13ClN2O4. The standard InChI is InChI=1S/C12H13ClN2O4/c13-8-4-3-6-9(11(8)15(18)19)14-7-2-1-5-10(14)12(16)17/h3-4,6,10H,1-2,5,7H2,(H,16,17). The van der Waals surface area contributed by atoms with Gasteiger partial charge in [-0.2, -0.15) is 0 Å². The van der Waals surface area contributed by atoms with Crippen molar-refractivity contribution in [3.05, 3.63) is 33.3 Å². The maximum absolute atomic E-state index is 11.3. The second-order valence-corrected chi connectivity index (χ2v) is 4.82. The highest BCUT2D eigenvalue weighted by atomic mass is 35.5. The molecule has 1 fully saturated rings. The minimum Gasteiger partial charge on any atom is -0.480 e. The third kappa shape index (κ3) is 2.63. The van der Waals surface area contributed by atoms with Crippen molar-refractivity contribution in [3.8, 4) is 0 Å². The first-order valence-electron chi connectivity index (χ1n) is 5.94. The van der Waals surface area contributed by atoms with Crippen molar-refractivity contribution in [3.63, 3.8) is 0 Å². The molecule has 0 saturated carbocycles. The Morgan fingerprint density at radius 2 is 2.21 bits per heavy atom. The Labute approximate surface area is 114 Å². The van der Waals surface area contributed by atoms with Gasteiger partial charge in [0.15, 0.2) is 0 Å². The lowest BCUT2D eigenvalue weighted by Gasteiger charge is -2.34. The number of piperidine rings is 1. The molecular weight excluding hydrogens is 272 g/mol. The van der Waals surface area contributed by atoms with Gasteiger partial charge in [-0.05, 0) is 31.4 Å². The average molecular weight is 285 g/mol. The highest BCUT2D eigenvalue weighted by molar-refractivity contribution is 6.33. The fourth-order valence-corrected chi connectivity index (χ4v) is 2.63. The molecule has 0 aliphatic carbocycles. The number of halogens is 1. The number of carboxylic acid groups (broad SMARTS) is 1. The third-order valence-electron chi connectivity index (χ3n) is 3.25. The summed E-state index contributed by atoms with van der Waals surface area (Å²) in [5.74, 6) is -0.964. The van der Waals surface area contributed by atoms with E-state index in [4.69, 9.17) is 11.6 Å². The molecule has 0 bridgehead atoms. The molecule has 1 heterocycles. The van der Waals surface area contributed by atoms with E-state index in [1.807, 2.05) is 0 Å². The van der Waals surface area contributed by atoms with Gasteiger partial charge in [-0.15, -0.1) is 0 Å². The van der Waals surface area contributed by atoms with E-state index in [9.17, 15) is 20.0 Å². The smallest absolute Gasteiger partial charge is 0.326 e. The lowest BCUT2D eigenvalue weighted by atomic mass is 10.0. The zero-order chi connectivity index (χ0) is 14.0. The number of hydrogen-bond acceptors (Lipinski definition) is 4. The van der Waals surface area contributed by atoms with Crippen molar-refractivity contribution in [2.24, 2.45) is 0 Å². The second kappa shape index (κ2) is 5.44. The zero-order valence-corrected chi connectivity index (χ0v) is 10.8. The van der Waals surface area contributed by atoms with E-state index in [2.05, 4.69) is 0 Å². The van der Waals surface area contributed by atoms with Crippen LogP contribution in [0, 0.1) is 10.1 Å². The van der Waals surface area contributed by atoms with Crippen molar-refractivity contribution >= 4 is 28.9 Å². The normalized spacial score (nSPS) is 19.2. The van der Waals surface area contributed by atoms with E-state index >= 15 is 0 Å². The first kappa shape index (κ1) is 13.6. The molecule has 0 amide bonds. The quantitative estimate of drug-likeness (QED) is 0.681. The highest BCUT2D eigenvalue weighted by Crippen LogP contribution is 2.37. The van der Waals surface area contributed by atoms with Gasteiger partial charge in [0.25, 0.3) is 0 Å². The van der Waals surface area contributed by atoms with Gasteiger partial charge in [0.05, 0.1) is 4.92 Å². The number of nitro benzene ring substituents is 1. The summed E-state index contributed by atoms with van der Waals surface area (Å²) >= 11 is 5.86. The minimum absolute atomic E-state index is 0.0252. The molecule has 1 aliphatic heterocycles. The SMILES string of the molecule is O=C(O)C1CCCCN1c1cccc(Cl)c1[N+](=O)[O-]. The first-order chi connectivity index (χ1) is 9.02. The number of para-hydroxylation sites is 1. The molecule has 1 unspecified atom stereocenters. The molecule has 0 radical (unpaired) electrons. The third-order valence-corrected chi connectivity index (χ3v) is 3.55. The summed E-state index contributed by atoms with van der Waals surface area (Å²) in [6.45, 7) is 0.484. The van der Waals surface area contributed by atoms with E-state index in [1.165, 1.54) is 6.07 Å². The first-order valence-corrected chi connectivity index (χ1v) is 6.32. The van der Waals surface area contributed by atoms with Crippen molar-refractivity contribution in [2.45, 2.75) is 25.3 Å². The molecule has 1 aromatic rings. The van der Waals surface area contributed by atoms with Gasteiger partial charge in [-0.25, -0.2) is 4.79 Å². The van der Waals surface area contributed by atoms with Crippen molar-refractivity contribution in [2.75, 3.05) is 11.4 Å². The van der Waals surface area contributed by atoms with Gasteiger partial charge in [0.1, 0.15) is 16.8 Å². The van der Waals surface area contributed by atoms with Crippen LogP contribution in [0.1, 0.15) is 19.3 Å². The predicted octanol–water partition coefficient (Wildman–Crippen LogP) is 2.69. The molecule has 2 rings (SSSR count). The number of benzene rings is 1. The lowest BCUT2D eigenvalue weighted by Crippen LogP contribution is -2.45.